The topological polar surface area (TPSA) is 90.1 Å². The molecule has 0 bridgehead atoms. The van der Waals surface area contributed by atoms with Crippen molar-refractivity contribution < 1.29 is 42.5 Å². The van der Waals surface area contributed by atoms with Gasteiger partial charge in [0.25, 0.3) is 0 Å². The van der Waals surface area contributed by atoms with Gasteiger partial charge in [0.05, 0.1) is 26.5 Å². The fourth-order valence-electron chi connectivity index (χ4n) is 2.72. The maximum absolute atomic E-state index is 10.9. The molecule has 10 heteroatoms. The van der Waals surface area contributed by atoms with Crippen LogP contribution in [0.25, 0.3) is 10.2 Å². The van der Waals surface area contributed by atoms with Crippen LogP contribution < -0.4 is 39.3 Å². The van der Waals surface area contributed by atoms with Gasteiger partial charge in [-0.05, 0) is 36.2 Å². The first-order valence-corrected chi connectivity index (χ1v) is 11.1. The summed E-state index contributed by atoms with van der Waals surface area (Å²) in [5, 5.41) is 8.52. The van der Waals surface area contributed by atoms with Gasteiger partial charge in [-0.25, -0.2) is 8.42 Å². The monoisotopic (exact) mass is 440 g/mol. The summed E-state index contributed by atoms with van der Waals surface area (Å²) in [6.07, 6.45) is 1.91. The molecule has 0 saturated heterocycles. The SMILES string of the molecule is CN(C)c1ccc(/C=N/N=c2/sc3ccccc3n2CCCS(=O)(=O)[O-])cc1.[Na+]. The third kappa shape index (κ3) is 6.77. The molecule has 0 fully saturated rings. The Bertz CT molecular complexity index is 1150. The van der Waals surface area contributed by atoms with Crippen LogP contribution in [0, 0.1) is 0 Å². The molecule has 0 amide bonds. The number of thiazole rings is 1. The number of nitrogens with zero attached hydrogens (tertiary/aromatic N) is 4. The smallest absolute Gasteiger partial charge is 0.748 e. The predicted octanol–water partition coefficient (Wildman–Crippen LogP) is -0.357. The molecule has 3 aromatic rings. The molecule has 29 heavy (non-hydrogen) atoms. The van der Waals surface area contributed by atoms with Gasteiger partial charge in [-0.3, -0.25) is 0 Å². The molecule has 1 heterocycles. The number of rotatable bonds is 7. The minimum Gasteiger partial charge on any atom is -0.748 e. The van der Waals surface area contributed by atoms with Crippen LogP contribution in [0.3, 0.4) is 0 Å². The van der Waals surface area contributed by atoms with E-state index in [1.165, 1.54) is 11.3 Å². The van der Waals surface area contributed by atoms with Crippen LogP contribution in [-0.2, 0) is 16.7 Å². The van der Waals surface area contributed by atoms with Gasteiger partial charge in [-0.2, -0.15) is 5.10 Å². The number of hydrogen-bond acceptors (Lipinski definition) is 7. The molecule has 0 aliphatic heterocycles. The number of benzene rings is 2. The Labute approximate surface area is 196 Å². The Morgan fingerprint density at radius 3 is 2.48 bits per heavy atom. The number of aromatic nitrogens is 1. The largest absolute Gasteiger partial charge is 1.00 e. The number of anilines is 1. The second kappa shape index (κ2) is 10.5. The van der Waals surface area contributed by atoms with E-state index < -0.39 is 15.9 Å². The van der Waals surface area contributed by atoms with Crippen molar-refractivity contribution in [1.82, 2.24) is 4.57 Å². The van der Waals surface area contributed by atoms with Crippen LogP contribution >= 0.6 is 11.3 Å². The average Bonchev–Trinajstić information content (AvgIpc) is 2.99. The van der Waals surface area contributed by atoms with E-state index in [1.54, 1.807) is 6.21 Å². The molecule has 0 saturated carbocycles. The third-order valence-electron chi connectivity index (χ3n) is 4.12. The van der Waals surface area contributed by atoms with Crippen molar-refractivity contribution in [3.8, 4) is 0 Å². The molecule has 0 N–H and O–H groups in total. The molecule has 0 radical (unpaired) electrons. The summed E-state index contributed by atoms with van der Waals surface area (Å²) in [7, 11) is -0.264. The first-order chi connectivity index (χ1) is 13.3. The summed E-state index contributed by atoms with van der Waals surface area (Å²) in [4.78, 5) is 2.68. The molecule has 148 valence electrons. The van der Waals surface area contributed by atoms with E-state index in [9.17, 15) is 13.0 Å². The number of hydrogen-bond donors (Lipinski definition) is 0. The van der Waals surface area contributed by atoms with Crippen LogP contribution in [0.1, 0.15) is 12.0 Å². The molecule has 7 nitrogen and oxygen atoms in total. The molecule has 0 aliphatic carbocycles. The normalized spacial score (nSPS) is 12.4. The zero-order valence-corrected chi connectivity index (χ0v) is 20.3. The van der Waals surface area contributed by atoms with E-state index in [-0.39, 0.29) is 36.0 Å². The zero-order valence-electron chi connectivity index (χ0n) is 16.6. The van der Waals surface area contributed by atoms with Crippen LogP contribution in [0.2, 0.25) is 0 Å². The van der Waals surface area contributed by atoms with Gasteiger partial charge in [0.15, 0.2) is 0 Å². The zero-order chi connectivity index (χ0) is 20.1. The van der Waals surface area contributed by atoms with E-state index in [0.717, 1.165) is 21.5 Å². The molecule has 0 spiro atoms. The standard InChI is InChI=1S/C19H22N4O3S2.Na/c1-22(2)16-10-8-15(9-11-16)14-20-21-19-23(12-5-13-28(24,25)26)17-6-3-4-7-18(17)27-19;/h3-4,6-11,14H,5,12-13H2,1-2H3,(H,24,25,26);/q;+1/p-1/b20-14+,21-19+;. The predicted molar refractivity (Wildman–Crippen MR) is 113 cm³/mol. The van der Waals surface area contributed by atoms with Gasteiger partial charge in [-0.1, -0.05) is 35.6 Å². The van der Waals surface area contributed by atoms with Gasteiger partial charge in [-0.15, -0.1) is 5.10 Å². The number of para-hydroxylation sites is 1. The van der Waals surface area contributed by atoms with Crippen molar-refractivity contribution in [1.29, 1.82) is 0 Å². The summed E-state index contributed by atoms with van der Waals surface area (Å²) in [5.74, 6) is -0.398. The van der Waals surface area contributed by atoms with Crippen molar-refractivity contribution in [3.63, 3.8) is 0 Å². The fourth-order valence-corrected chi connectivity index (χ4v) is 4.21. The summed E-state index contributed by atoms with van der Waals surface area (Å²) in [6.45, 7) is 0.386. The summed E-state index contributed by atoms with van der Waals surface area (Å²) in [5.41, 5.74) is 2.98. The van der Waals surface area contributed by atoms with Crippen LogP contribution in [0.4, 0.5) is 5.69 Å². The summed E-state index contributed by atoms with van der Waals surface area (Å²) in [6, 6.07) is 15.7. The van der Waals surface area contributed by atoms with Gasteiger partial charge >= 0.3 is 29.6 Å². The third-order valence-corrected chi connectivity index (χ3v) is 5.96. The van der Waals surface area contributed by atoms with Crippen molar-refractivity contribution >= 4 is 43.6 Å². The second-order valence-electron chi connectivity index (χ2n) is 6.45. The Kier molecular flexibility index (Phi) is 8.62. The maximum Gasteiger partial charge on any atom is 1.00 e. The number of fused-ring (bicyclic) bond motifs is 1. The van der Waals surface area contributed by atoms with Crippen molar-refractivity contribution in [2.75, 3.05) is 24.7 Å². The molecule has 1 aromatic heterocycles. The Morgan fingerprint density at radius 1 is 1.14 bits per heavy atom. The van der Waals surface area contributed by atoms with Crippen molar-refractivity contribution in [2.24, 2.45) is 10.2 Å². The molecule has 0 aliphatic rings. The Morgan fingerprint density at radius 2 is 1.83 bits per heavy atom. The Balaban J connectivity index is 0.00000300. The minimum atomic E-state index is -4.23. The van der Waals surface area contributed by atoms with Gasteiger partial charge in [0.2, 0.25) is 4.80 Å². The molecule has 0 atom stereocenters. The van der Waals surface area contributed by atoms with Crippen LogP contribution in [0.15, 0.2) is 58.7 Å². The molecular formula is C19H21N4NaO3S2. The summed E-state index contributed by atoms with van der Waals surface area (Å²) >= 11 is 1.47. The first kappa shape index (κ1) is 23.8. The maximum atomic E-state index is 10.9. The number of aryl methyl sites for hydroxylation is 1. The fraction of sp³-hybridized carbons (Fsp3) is 0.263. The van der Waals surface area contributed by atoms with E-state index in [4.69, 9.17) is 0 Å². The Hall–Kier alpha value is -1.49. The minimum absolute atomic E-state index is 0. The van der Waals surface area contributed by atoms with Crippen molar-refractivity contribution in [3.05, 3.63) is 58.9 Å². The molecule has 3 rings (SSSR count). The first-order valence-electron chi connectivity index (χ1n) is 8.70. The van der Waals surface area contributed by atoms with Crippen LogP contribution in [0.5, 0.6) is 0 Å². The summed E-state index contributed by atoms with van der Waals surface area (Å²) < 4.78 is 35.6. The van der Waals surface area contributed by atoms with Gasteiger partial charge in [0.1, 0.15) is 0 Å². The molecular weight excluding hydrogens is 419 g/mol. The van der Waals surface area contributed by atoms with E-state index >= 15 is 0 Å². The molecule has 2 aromatic carbocycles. The van der Waals surface area contributed by atoms with E-state index in [0.29, 0.717) is 11.3 Å². The van der Waals surface area contributed by atoms with Crippen molar-refractivity contribution in [2.45, 2.75) is 13.0 Å². The molecule has 0 unspecified atom stereocenters. The second-order valence-corrected chi connectivity index (χ2v) is 8.98. The average molecular weight is 441 g/mol. The van der Waals surface area contributed by atoms with Gasteiger partial charge < -0.3 is 14.0 Å². The quantitative estimate of drug-likeness (QED) is 0.217. The van der Waals surface area contributed by atoms with Crippen LogP contribution in [-0.4, -0.2) is 43.6 Å². The van der Waals surface area contributed by atoms with Gasteiger partial charge in [0, 0.05) is 32.1 Å². The van der Waals surface area contributed by atoms with E-state index in [2.05, 4.69) is 10.2 Å². The van der Waals surface area contributed by atoms with E-state index in [1.807, 2.05) is 72.1 Å².